The molecule has 1 heterocycles. The van der Waals surface area contributed by atoms with Crippen LogP contribution in [0.3, 0.4) is 0 Å². The summed E-state index contributed by atoms with van der Waals surface area (Å²) < 4.78 is 16.1. The standard InChI is InChI=1S/C12H14O3/c1-7-6-15-10-5-9(13-3)8(2)12(14-4)11(7)10/h5-6H,1-4H3. The smallest absolute Gasteiger partial charge is 0.141 e. The quantitative estimate of drug-likeness (QED) is 0.756. The highest BCUT2D eigenvalue weighted by Crippen LogP contribution is 2.38. The Kier molecular flexibility index (Phi) is 2.31. The van der Waals surface area contributed by atoms with Crippen molar-refractivity contribution >= 4 is 11.0 Å². The zero-order valence-corrected chi connectivity index (χ0v) is 9.38. The lowest BCUT2D eigenvalue weighted by Gasteiger charge is -2.10. The summed E-state index contributed by atoms with van der Waals surface area (Å²) >= 11 is 0. The molecule has 0 aliphatic rings. The van der Waals surface area contributed by atoms with Crippen molar-refractivity contribution in [2.45, 2.75) is 13.8 Å². The molecule has 3 heteroatoms. The van der Waals surface area contributed by atoms with Crippen molar-refractivity contribution in [3.05, 3.63) is 23.5 Å². The number of fused-ring (bicyclic) bond motifs is 1. The molecule has 0 unspecified atom stereocenters. The number of furan rings is 1. The number of hydrogen-bond donors (Lipinski definition) is 0. The summed E-state index contributed by atoms with van der Waals surface area (Å²) in [5.41, 5.74) is 2.87. The highest BCUT2D eigenvalue weighted by Gasteiger charge is 2.15. The van der Waals surface area contributed by atoms with Crippen LogP contribution >= 0.6 is 0 Å². The molecule has 1 aromatic carbocycles. The van der Waals surface area contributed by atoms with Gasteiger partial charge in [-0.2, -0.15) is 0 Å². The van der Waals surface area contributed by atoms with E-state index >= 15 is 0 Å². The normalized spacial score (nSPS) is 10.7. The van der Waals surface area contributed by atoms with E-state index in [4.69, 9.17) is 13.9 Å². The van der Waals surface area contributed by atoms with Gasteiger partial charge in [0.15, 0.2) is 0 Å². The summed E-state index contributed by atoms with van der Waals surface area (Å²) in [6.45, 7) is 3.98. The largest absolute Gasteiger partial charge is 0.496 e. The van der Waals surface area contributed by atoms with Crippen molar-refractivity contribution in [2.75, 3.05) is 14.2 Å². The summed E-state index contributed by atoms with van der Waals surface area (Å²) in [4.78, 5) is 0. The molecule has 3 nitrogen and oxygen atoms in total. The Balaban J connectivity index is 2.86. The fourth-order valence-electron chi connectivity index (χ4n) is 1.86. The number of hydrogen-bond acceptors (Lipinski definition) is 3. The summed E-state index contributed by atoms with van der Waals surface area (Å²) in [5.74, 6) is 1.62. The van der Waals surface area contributed by atoms with E-state index < -0.39 is 0 Å². The molecule has 2 rings (SSSR count). The molecule has 0 atom stereocenters. The van der Waals surface area contributed by atoms with Gasteiger partial charge in [0.05, 0.1) is 25.9 Å². The van der Waals surface area contributed by atoms with E-state index in [2.05, 4.69) is 0 Å². The first-order chi connectivity index (χ1) is 7.19. The third-order valence-corrected chi connectivity index (χ3v) is 2.63. The van der Waals surface area contributed by atoms with Gasteiger partial charge in [-0.25, -0.2) is 0 Å². The molecular weight excluding hydrogens is 192 g/mol. The number of aryl methyl sites for hydroxylation is 1. The van der Waals surface area contributed by atoms with E-state index in [0.717, 1.165) is 33.6 Å². The maximum atomic E-state index is 5.43. The molecule has 0 saturated heterocycles. The van der Waals surface area contributed by atoms with Gasteiger partial charge in [0.1, 0.15) is 17.1 Å². The zero-order chi connectivity index (χ0) is 11.0. The lowest BCUT2D eigenvalue weighted by atomic mass is 10.1. The van der Waals surface area contributed by atoms with Crippen LogP contribution in [0, 0.1) is 13.8 Å². The van der Waals surface area contributed by atoms with E-state index in [1.165, 1.54) is 0 Å². The average Bonchev–Trinajstić information content (AvgIpc) is 2.60. The Morgan fingerprint density at radius 3 is 2.47 bits per heavy atom. The molecule has 80 valence electrons. The van der Waals surface area contributed by atoms with Crippen molar-refractivity contribution in [2.24, 2.45) is 0 Å². The van der Waals surface area contributed by atoms with Crippen LogP contribution in [0.5, 0.6) is 11.5 Å². The second-order valence-corrected chi connectivity index (χ2v) is 3.53. The van der Waals surface area contributed by atoms with Gasteiger partial charge in [-0.15, -0.1) is 0 Å². The fourth-order valence-corrected chi connectivity index (χ4v) is 1.86. The predicted octanol–water partition coefficient (Wildman–Crippen LogP) is 3.07. The minimum atomic E-state index is 0.786. The SMILES string of the molecule is COc1cc2occ(C)c2c(OC)c1C. The minimum Gasteiger partial charge on any atom is -0.496 e. The van der Waals surface area contributed by atoms with Crippen LogP contribution in [-0.2, 0) is 0 Å². The Bertz CT molecular complexity index is 497. The third-order valence-electron chi connectivity index (χ3n) is 2.63. The zero-order valence-electron chi connectivity index (χ0n) is 9.38. The highest BCUT2D eigenvalue weighted by atomic mass is 16.5. The first-order valence-electron chi connectivity index (χ1n) is 4.78. The van der Waals surface area contributed by atoms with Gasteiger partial charge in [0.25, 0.3) is 0 Å². The molecule has 0 aliphatic heterocycles. The molecule has 0 spiro atoms. The Hall–Kier alpha value is -1.64. The maximum Gasteiger partial charge on any atom is 0.141 e. The summed E-state index contributed by atoms with van der Waals surface area (Å²) in [6, 6.07) is 1.89. The topological polar surface area (TPSA) is 31.6 Å². The molecule has 0 saturated carbocycles. The van der Waals surface area contributed by atoms with Crippen LogP contribution in [-0.4, -0.2) is 14.2 Å². The lowest BCUT2D eigenvalue weighted by Crippen LogP contribution is -1.93. The van der Waals surface area contributed by atoms with E-state index in [0.29, 0.717) is 0 Å². The molecular formula is C12H14O3. The van der Waals surface area contributed by atoms with E-state index in [1.807, 2.05) is 19.9 Å². The number of rotatable bonds is 2. The van der Waals surface area contributed by atoms with Gasteiger partial charge < -0.3 is 13.9 Å². The third kappa shape index (κ3) is 1.35. The Morgan fingerprint density at radius 2 is 1.87 bits per heavy atom. The van der Waals surface area contributed by atoms with E-state index in [1.54, 1.807) is 20.5 Å². The number of benzene rings is 1. The predicted molar refractivity (Wildman–Crippen MR) is 58.8 cm³/mol. The summed E-state index contributed by atoms with van der Waals surface area (Å²) in [7, 11) is 3.30. The van der Waals surface area contributed by atoms with Crippen molar-refractivity contribution in [1.82, 2.24) is 0 Å². The van der Waals surface area contributed by atoms with Crippen LogP contribution in [0.2, 0.25) is 0 Å². The summed E-state index contributed by atoms with van der Waals surface area (Å²) in [5, 5.41) is 1.02. The van der Waals surface area contributed by atoms with Crippen LogP contribution in [0.1, 0.15) is 11.1 Å². The van der Waals surface area contributed by atoms with Gasteiger partial charge >= 0.3 is 0 Å². The number of methoxy groups -OCH3 is 2. The van der Waals surface area contributed by atoms with Gasteiger partial charge in [-0.3, -0.25) is 0 Å². The first-order valence-corrected chi connectivity index (χ1v) is 4.78. The van der Waals surface area contributed by atoms with Crippen molar-refractivity contribution in [1.29, 1.82) is 0 Å². The fraction of sp³-hybridized carbons (Fsp3) is 0.333. The van der Waals surface area contributed by atoms with Gasteiger partial charge in [0, 0.05) is 11.6 Å². The minimum absolute atomic E-state index is 0.786. The molecule has 1 aromatic heterocycles. The molecule has 0 aliphatic carbocycles. The molecule has 15 heavy (non-hydrogen) atoms. The highest BCUT2D eigenvalue weighted by molar-refractivity contribution is 5.90. The second-order valence-electron chi connectivity index (χ2n) is 3.53. The van der Waals surface area contributed by atoms with Gasteiger partial charge in [0.2, 0.25) is 0 Å². The van der Waals surface area contributed by atoms with Crippen LogP contribution in [0.25, 0.3) is 11.0 Å². The Labute approximate surface area is 88.6 Å². The van der Waals surface area contributed by atoms with Crippen LogP contribution in [0.4, 0.5) is 0 Å². The first kappa shape index (κ1) is 9.90. The van der Waals surface area contributed by atoms with Crippen molar-refractivity contribution in [3.63, 3.8) is 0 Å². The van der Waals surface area contributed by atoms with E-state index in [-0.39, 0.29) is 0 Å². The molecule has 2 aromatic rings. The molecule has 0 N–H and O–H groups in total. The molecule has 0 bridgehead atoms. The molecule has 0 fully saturated rings. The Morgan fingerprint density at radius 1 is 1.13 bits per heavy atom. The van der Waals surface area contributed by atoms with E-state index in [9.17, 15) is 0 Å². The lowest BCUT2D eigenvalue weighted by molar-refractivity contribution is 0.391. The second kappa shape index (κ2) is 3.50. The van der Waals surface area contributed by atoms with Crippen molar-refractivity contribution in [3.8, 4) is 11.5 Å². The van der Waals surface area contributed by atoms with Crippen molar-refractivity contribution < 1.29 is 13.9 Å². The average molecular weight is 206 g/mol. The van der Waals surface area contributed by atoms with Crippen LogP contribution < -0.4 is 9.47 Å². The monoisotopic (exact) mass is 206 g/mol. The summed E-state index contributed by atoms with van der Waals surface area (Å²) in [6.07, 6.45) is 1.73. The molecule has 0 radical (unpaired) electrons. The van der Waals surface area contributed by atoms with Crippen LogP contribution in [0.15, 0.2) is 16.7 Å². The van der Waals surface area contributed by atoms with Gasteiger partial charge in [-0.05, 0) is 19.4 Å². The van der Waals surface area contributed by atoms with Gasteiger partial charge in [-0.1, -0.05) is 0 Å². The number of ether oxygens (including phenoxy) is 2. The molecule has 0 amide bonds. The maximum absolute atomic E-state index is 5.43.